The number of aryl methyl sites for hydroxylation is 1. The van der Waals surface area contributed by atoms with Gasteiger partial charge in [0, 0.05) is 44.7 Å². The highest BCUT2D eigenvalue weighted by Crippen LogP contribution is 2.45. The molecule has 0 amide bonds. The highest BCUT2D eigenvalue weighted by molar-refractivity contribution is 8.14. The summed E-state index contributed by atoms with van der Waals surface area (Å²) in [5, 5.41) is 0.287. The molecule has 1 aliphatic heterocycles. The second kappa shape index (κ2) is 10.7. The monoisotopic (exact) mass is 493 g/mol. The summed E-state index contributed by atoms with van der Waals surface area (Å²) in [4.78, 5) is 19.3. The lowest BCUT2D eigenvalue weighted by molar-refractivity contribution is -0.109. The quantitative estimate of drug-likeness (QED) is 0.302. The summed E-state index contributed by atoms with van der Waals surface area (Å²) in [6.07, 6.45) is 6.85. The van der Waals surface area contributed by atoms with Crippen molar-refractivity contribution in [3.05, 3.63) is 131 Å². The lowest BCUT2D eigenvalue weighted by Gasteiger charge is -2.49. The average molecular weight is 494 g/mol. The number of rotatable bonds is 6. The zero-order valence-electron chi connectivity index (χ0n) is 20.7. The minimum absolute atomic E-state index is 0.135. The van der Waals surface area contributed by atoms with E-state index in [1.165, 1.54) is 34.0 Å². The van der Waals surface area contributed by atoms with Crippen molar-refractivity contribution >= 4 is 23.0 Å². The summed E-state index contributed by atoms with van der Waals surface area (Å²) >= 11 is 1.44. The van der Waals surface area contributed by atoms with Crippen molar-refractivity contribution in [1.29, 1.82) is 0 Å². The Morgan fingerprint density at radius 1 is 0.917 bits per heavy atom. The van der Waals surface area contributed by atoms with E-state index < -0.39 is 5.54 Å². The van der Waals surface area contributed by atoms with E-state index in [9.17, 15) is 4.79 Å². The first-order valence-electron chi connectivity index (χ1n) is 12.4. The van der Waals surface area contributed by atoms with Crippen molar-refractivity contribution < 1.29 is 4.79 Å². The molecule has 182 valence electrons. The van der Waals surface area contributed by atoms with E-state index in [4.69, 9.17) is 0 Å². The summed E-state index contributed by atoms with van der Waals surface area (Å²) in [6.45, 7) is 3.26. The van der Waals surface area contributed by atoms with Gasteiger partial charge in [-0.05, 0) is 34.8 Å². The maximum atomic E-state index is 12.2. The summed E-state index contributed by atoms with van der Waals surface area (Å²) < 4.78 is 2.03. The fourth-order valence-corrected chi connectivity index (χ4v) is 6.31. The summed E-state index contributed by atoms with van der Waals surface area (Å²) in [5.74, 6) is 0.908. The number of carbonyl (C=O) groups excluding carboxylic acids is 1. The number of nitrogens with zero attached hydrogens (tertiary/aromatic N) is 3. The predicted molar refractivity (Wildman–Crippen MR) is 149 cm³/mol. The van der Waals surface area contributed by atoms with E-state index in [1.807, 2.05) is 24.0 Å². The topological polar surface area (TPSA) is 38.1 Å². The van der Waals surface area contributed by atoms with Gasteiger partial charge in [0.15, 0.2) is 5.12 Å². The van der Waals surface area contributed by atoms with Gasteiger partial charge in [-0.25, -0.2) is 4.98 Å². The predicted octanol–water partition coefficient (Wildman–Crippen LogP) is 6.15. The first-order chi connectivity index (χ1) is 17.6. The molecular weight excluding hydrogens is 462 g/mol. The number of hydrogen-bond donors (Lipinski definition) is 0. The fraction of sp³-hybridized carbons (Fsp3) is 0.226. The Morgan fingerprint density at radius 3 is 1.89 bits per heavy atom. The Bertz CT molecular complexity index is 1240. The highest BCUT2D eigenvalue weighted by Gasteiger charge is 2.44. The Balaban J connectivity index is 1.70. The molecule has 1 atom stereocenters. The fourth-order valence-electron chi connectivity index (χ4n) is 5.39. The molecule has 36 heavy (non-hydrogen) atoms. The van der Waals surface area contributed by atoms with Crippen LogP contribution in [0.4, 0.5) is 0 Å². The van der Waals surface area contributed by atoms with Crippen molar-refractivity contribution in [2.24, 2.45) is 7.05 Å². The van der Waals surface area contributed by atoms with Gasteiger partial charge in [-0.3, -0.25) is 9.69 Å². The second-order valence-corrected chi connectivity index (χ2v) is 10.6. The maximum absolute atomic E-state index is 12.2. The Hall–Kier alpha value is -3.41. The first kappa shape index (κ1) is 24.3. The van der Waals surface area contributed by atoms with Gasteiger partial charge in [0.25, 0.3) is 0 Å². The summed E-state index contributed by atoms with van der Waals surface area (Å²) in [7, 11) is 2.01. The number of carbonyl (C=O) groups is 1. The lowest BCUT2D eigenvalue weighted by atomic mass is 9.74. The van der Waals surface area contributed by atoms with Gasteiger partial charge in [-0.2, -0.15) is 0 Å². The molecule has 3 aromatic carbocycles. The molecule has 4 nitrogen and oxygen atoms in total. The molecule has 0 bridgehead atoms. The van der Waals surface area contributed by atoms with Crippen molar-refractivity contribution in [2.75, 3.05) is 13.1 Å². The Kier molecular flexibility index (Phi) is 7.21. The van der Waals surface area contributed by atoms with Crippen LogP contribution in [0.1, 0.15) is 35.9 Å². The van der Waals surface area contributed by atoms with Gasteiger partial charge in [-0.1, -0.05) is 103 Å². The number of benzene rings is 3. The molecule has 0 spiro atoms. The third-order valence-corrected chi connectivity index (χ3v) is 8.13. The van der Waals surface area contributed by atoms with E-state index in [0.29, 0.717) is 0 Å². The molecule has 0 aliphatic carbocycles. The molecule has 1 saturated heterocycles. The van der Waals surface area contributed by atoms with Crippen LogP contribution in [0.15, 0.2) is 109 Å². The van der Waals surface area contributed by atoms with E-state index in [2.05, 4.69) is 107 Å². The average Bonchev–Trinajstić information content (AvgIpc) is 3.32. The lowest BCUT2D eigenvalue weighted by Crippen LogP contribution is -2.52. The van der Waals surface area contributed by atoms with E-state index in [-0.39, 0.29) is 10.4 Å². The Morgan fingerprint density at radius 2 is 1.44 bits per heavy atom. The molecule has 1 aliphatic rings. The molecule has 1 aromatic heterocycles. The molecule has 0 saturated carbocycles. The van der Waals surface area contributed by atoms with Crippen LogP contribution in [0.5, 0.6) is 0 Å². The van der Waals surface area contributed by atoms with Gasteiger partial charge >= 0.3 is 0 Å². The van der Waals surface area contributed by atoms with Crippen LogP contribution in [-0.4, -0.2) is 37.9 Å². The molecule has 2 heterocycles. The van der Waals surface area contributed by atoms with E-state index in [1.54, 1.807) is 6.92 Å². The smallest absolute Gasteiger partial charge is 0.186 e. The molecule has 5 heteroatoms. The van der Waals surface area contributed by atoms with Crippen LogP contribution in [0.3, 0.4) is 0 Å². The van der Waals surface area contributed by atoms with Crippen molar-refractivity contribution in [2.45, 2.75) is 24.1 Å². The molecule has 4 aromatic rings. The molecule has 5 rings (SSSR count). The van der Waals surface area contributed by atoms with Gasteiger partial charge in [-0.15, -0.1) is 0 Å². The molecule has 1 unspecified atom stereocenters. The van der Waals surface area contributed by atoms with Crippen LogP contribution >= 0.6 is 11.8 Å². The highest BCUT2D eigenvalue weighted by atomic mass is 32.2. The Labute approximate surface area is 217 Å². The van der Waals surface area contributed by atoms with Gasteiger partial charge in [0.1, 0.15) is 5.82 Å². The third kappa shape index (κ3) is 4.69. The standard InChI is InChI=1S/C31H31N3OS/c1-24(35)36-29-18-20-34(23-25(29)22-30-32-19-21-33(30)2)31(26-12-6-3-7-13-26,27-14-8-4-9-15-27)28-16-10-5-11-17-28/h3-17,19,21-22,29H,18,20,23H2,1-2H3/b25-22+. The third-order valence-electron chi connectivity index (χ3n) is 6.98. The van der Waals surface area contributed by atoms with Crippen LogP contribution in [0, 0.1) is 0 Å². The van der Waals surface area contributed by atoms with Crippen molar-refractivity contribution in [3.8, 4) is 0 Å². The van der Waals surface area contributed by atoms with Gasteiger partial charge in [0.05, 0.1) is 5.54 Å². The minimum Gasteiger partial charge on any atom is -0.335 e. The summed E-state index contributed by atoms with van der Waals surface area (Å²) in [6, 6.07) is 32.4. The maximum Gasteiger partial charge on any atom is 0.186 e. The zero-order chi connectivity index (χ0) is 25.0. The van der Waals surface area contributed by atoms with Crippen LogP contribution < -0.4 is 0 Å². The SMILES string of the molecule is CC(=O)SC1CCN(C(c2ccccc2)(c2ccccc2)c2ccccc2)C/C1=C\c1nccn1C. The first-order valence-corrected chi connectivity index (χ1v) is 13.2. The van der Waals surface area contributed by atoms with Gasteiger partial charge in [0.2, 0.25) is 0 Å². The molecule has 0 N–H and O–H groups in total. The van der Waals surface area contributed by atoms with Crippen LogP contribution in [-0.2, 0) is 17.4 Å². The minimum atomic E-state index is -0.476. The summed E-state index contributed by atoms with van der Waals surface area (Å²) in [5.41, 5.74) is 4.45. The number of hydrogen-bond acceptors (Lipinski definition) is 4. The van der Waals surface area contributed by atoms with Crippen molar-refractivity contribution in [3.63, 3.8) is 0 Å². The molecule has 0 radical (unpaired) electrons. The normalized spacial score (nSPS) is 17.8. The number of aromatic nitrogens is 2. The van der Waals surface area contributed by atoms with Crippen molar-refractivity contribution in [1.82, 2.24) is 14.5 Å². The number of thioether (sulfide) groups is 1. The largest absolute Gasteiger partial charge is 0.335 e. The van der Waals surface area contributed by atoms with Crippen LogP contribution in [0.2, 0.25) is 0 Å². The van der Waals surface area contributed by atoms with Gasteiger partial charge < -0.3 is 4.57 Å². The number of likely N-dealkylation sites (tertiary alicyclic amines) is 1. The molecular formula is C31H31N3OS. The zero-order valence-corrected chi connectivity index (χ0v) is 21.6. The van der Waals surface area contributed by atoms with Crippen LogP contribution in [0.25, 0.3) is 6.08 Å². The number of imidazole rings is 1. The number of piperidine rings is 1. The van der Waals surface area contributed by atoms with E-state index >= 15 is 0 Å². The second-order valence-electron chi connectivity index (χ2n) is 9.23. The van der Waals surface area contributed by atoms with E-state index in [0.717, 1.165) is 25.3 Å². The molecule has 1 fully saturated rings.